The van der Waals surface area contributed by atoms with Crippen LogP contribution in [0.25, 0.3) is 0 Å². The van der Waals surface area contributed by atoms with E-state index in [2.05, 4.69) is 11.4 Å². The number of halogens is 3. The quantitative estimate of drug-likeness (QED) is 0.670. The van der Waals surface area contributed by atoms with Gasteiger partial charge in [-0.15, -0.1) is 0 Å². The Labute approximate surface area is 172 Å². The van der Waals surface area contributed by atoms with Crippen molar-refractivity contribution in [2.24, 2.45) is 0 Å². The molecule has 1 fully saturated rings. The molecule has 1 amide bonds. The molecule has 3 rings (SSSR count). The van der Waals surface area contributed by atoms with Crippen molar-refractivity contribution in [1.82, 2.24) is 10.0 Å². The van der Waals surface area contributed by atoms with Crippen LogP contribution in [0.15, 0.2) is 6.07 Å². The van der Waals surface area contributed by atoms with Crippen LogP contribution in [-0.2, 0) is 22.9 Å². The van der Waals surface area contributed by atoms with Gasteiger partial charge in [0.15, 0.2) is 0 Å². The molecule has 0 radical (unpaired) electrons. The van der Waals surface area contributed by atoms with Gasteiger partial charge in [0.05, 0.1) is 12.1 Å². The smallest absolute Gasteiger partial charge is 0.492 e. The first-order chi connectivity index (χ1) is 13.9. The summed E-state index contributed by atoms with van der Waals surface area (Å²) in [5, 5.41) is 12.0. The van der Waals surface area contributed by atoms with Crippen LogP contribution in [0, 0.1) is 18.3 Å². The van der Waals surface area contributed by atoms with Crippen LogP contribution >= 0.6 is 0 Å². The molecule has 1 aromatic carbocycles. The number of amides is 1. The lowest BCUT2D eigenvalue weighted by molar-refractivity contribution is -0.0451. The van der Waals surface area contributed by atoms with Gasteiger partial charge in [-0.05, 0) is 68.7 Å². The molecule has 0 bridgehead atoms. The van der Waals surface area contributed by atoms with Crippen LogP contribution in [0.1, 0.15) is 53.2 Å². The minimum Gasteiger partial charge on any atom is -0.492 e. The third kappa shape index (κ3) is 4.39. The first-order valence-electron chi connectivity index (χ1n) is 9.49. The fourth-order valence-corrected chi connectivity index (χ4v) is 4.27. The lowest BCUT2D eigenvalue weighted by atomic mass is 9.97. The monoisotopic (exact) mass is 445 g/mol. The van der Waals surface area contributed by atoms with E-state index in [0.29, 0.717) is 30.6 Å². The highest BCUT2D eigenvalue weighted by Gasteiger charge is 2.46. The standard InChI is InChI=1S/C19H22F3N3O4S/c1-11(25-30(27,28)19(20,21)22)9-29-16-8-15(14-5-3-4-13(14)12(16)2)17(26)24-18(10-23)6-7-18/h8,11,25H,3-7,9H2,1-2H3,(H,24,26). The van der Waals surface area contributed by atoms with Crippen molar-refractivity contribution in [3.8, 4) is 11.8 Å². The first-order valence-corrected chi connectivity index (χ1v) is 11.0. The van der Waals surface area contributed by atoms with Gasteiger partial charge >= 0.3 is 15.5 Å². The molecule has 2 aliphatic carbocycles. The topological polar surface area (TPSA) is 108 Å². The lowest BCUT2D eigenvalue weighted by Crippen LogP contribution is -2.43. The molecule has 1 saturated carbocycles. The maximum absolute atomic E-state index is 12.8. The molecule has 0 aliphatic heterocycles. The third-order valence-electron chi connectivity index (χ3n) is 5.35. The molecule has 164 valence electrons. The Morgan fingerprint density at radius 3 is 2.53 bits per heavy atom. The second-order valence-electron chi connectivity index (χ2n) is 7.79. The minimum absolute atomic E-state index is 0.306. The van der Waals surface area contributed by atoms with E-state index in [1.165, 1.54) is 17.7 Å². The van der Waals surface area contributed by atoms with Crippen molar-refractivity contribution in [2.75, 3.05) is 6.61 Å². The van der Waals surface area contributed by atoms with Gasteiger partial charge in [0, 0.05) is 5.56 Å². The van der Waals surface area contributed by atoms with Crippen LogP contribution in [0.5, 0.6) is 5.75 Å². The van der Waals surface area contributed by atoms with Crippen LogP contribution in [0.3, 0.4) is 0 Å². The number of nitriles is 1. The molecular formula is C19H22F3N3O4S. The SMILES string of the molecule is Cc1c(OCC(C)NS(=O)(=O)C(F)(F)F)cc(C(=O)NC2(C#N)CC2)c2c1CCC2. The molecule has 1 atom stereocenters. The molecule has 0 saturated heterocycles. The highest BCUT2D eigenvalue weighted by Crippen LogP contribution is 2.37. The van der Waals surface area contributed by atoms with Gasteiger partial charge in [-0.2, -0.15) is 18.4 Å². The summed E-state index contributed by atoms with van der Waals surface area (Å²) < 4.78 is 67.2. The summed E-state index contributed by atoms with van der Waals surface area (Å²) >= 11 is 0. The summed E-state index contributed by atoms with van der Waals surface area (Å²) in [5.41, 5.74) is -3.26. The molecule has 30 heavy (non-hydrogen) atoms. The number of carbonyl (C=O) groups is 1. The number of ether oxygens (including phenoxy) is 1. The van der Waals surface area contributed by atoms with Crippen molar-refractivity contribution in [3.63, 3.8) is 0 Å². The van der Waals surface area contributed by atoms with Crippen LogP contribution in [0.2, 0.25) is 0 Å². The van der Waals surface area contributed by atoms with E-state index in [-0.39, 0.29) is 12.5 Å². The van der Waals surface area contributed by atoms with Crippen molar-refractivity contribution in [2.45, 2.75) is 63.0 Å². The van der Waals surface area contributed by atoms with Gasteiger partial charge in [-0.25, -0.2) is 13.1 Å². The molecule has 7 nitrogen and oxygen atoms in total. The molecular weight excluding hydrogens is 423 g/mol. The second-order valence-corrected chi connectivity index (χ2v) is 9.49. The molecule has 1 aromatic rings. The maximum Gasteiger partial charge on any atom is 0.511 e. The molecule has 0 aromatic heterocycles. The highest BCUT2D eigenvalue weighted by molar-refractivity contribution is 7.90. The number of sulfonamides is 1. The number of nitrogens with zero attached hydrogens (tertiary/aromatic N) is 1. The van der Waals surface area contributed by atoms with E-state index in [9.17, 15) is 31.6 Å². The molecule has 11 heteroatoms. The van der Waals surface area contributed by atoms with Crippen LogP contribution in [-0.4, -0.2) is 38.0 Å². The average Bonchev–Trinajstić information content (AvgIpc) is 3.23. The summed E-state index contributed by atoms with van der Waals surface area (Å²) in [6, 6.07) is 2.48. The normalized spacial score (nSPS) is 18.3. The van der Waals surface area contributed by atoms with E-state index in [1.54, 1.807) is 6.92 Å². The van der Waals surface area contributed by atoms with E-state index in [4.69, 9.17) is 4.74 Å². The van der Waals surface area contributed by atoms with Gasteiger partial charge in [-0.3, -0.25) is 4.79 Å². The van der Waals surface area contributed by atoms with Crippen molar-refractivity contribution >= 4 is 15.9 Å². The molecule has 2 aliphatic rings. The number of fused-ring (bicyclic) bond motifs is 1. The first kappa shape index (κ1) is 22.4. The Kier molecular flexibility index (Phi) is 5.77. The Morgan fingerprint density at radius 2 is 1.97 bits per heavy atom. The molecule has 0 spiro atoms. The zero-order valence-electron chi connectivity index (χ0n) is 16.5. The second kappa shape index (κ2) is 7.74. The van der Waals surface area contributed by atoms with Gasteiger partial charge in [0.1, 0.15) is 17.9 Å². The highest BCUT2D eigenvalue weighted by atomic mass is 32.2. The van der Waals surface area contributed by atoms with Crippen LogP contribution < -0.4 is 14.8 Å². The molecule has 0 heterocycles. The largest absolute Gasteiger partial charge is 0.511 e. The van der Waals surface area contributed by atoms with Crippen LogP contribution in [0.4, 0.5) is 13.2 Å². The maximum atomic E-state index is 12.8. The summed E-state index contributed by atoms with van der Waals surface area (Å²) in [5.74, 6) is -0.0801. The Bertz CT molecular complexity index is 1010. The van der Waals surface area contributed by atoms with Gasteiger partial charge in [0.2, 0.25) is 0 Å². The zero-order chi connectivity index (χ0) is 22.3. The predicted octanol–water partition coefficient (Wildman–Crippen LogP) is 2.48. The fraction of sp³-hybridized carbons (Fsp3) is 0.579. The van der Waals surface area contributed by atoms with Gasteiger partial charge in [-0.1, -0.05) is 0 Å². The fourth-order valence-electron chi connectivity index (χ4n) is 3.54. The van der Waals surface area contributed by atoms with Gasteiger partial charge in [0.25, 0.3) is 5.91 Å². The molecule has 2 N–H and O–H groups in total. The third-order valence-corrected chi connectivity index (χ3v) is 6.67. The Hall–Kier alpha value is -2.32. The molecule has 1 unspecified atom stereocenters. The summed E-state index contributed by atoms with van der Waals surface area (Å²) in [4.78, 5) is 12.8. The number of carbonyl (C=O) groups excluding carboxylic acids is 1. The Balaban J connectivity index is 1.79. The minimum atomic E-state index is -5.48. The summed E-state index contributed by atoms with van der Waals surface area (Å²) in [7, 11) is -5.48. The van der Waals surface area contributed by atoms with E-state index in [0.717, 1.165) is 29.5 Å². The van der Waals surface area contributed by atoms with Crippen molar-refractivity contribution < 1.29 is 31.1 Å². The van der Waals surface area contributed by atoms with E-state index in [1.807, 2.05) is 0 Å². The van der Waals surface area contributed by atoms with E-state index < -0.39 is 27.1 Å². The zero-order valence-corrected chi connectivity index (χ0v) is 17.3. The van der Waals surface area contributed by atoms with E-state index >= 15 is 0 Å². The number of alkyl halides is 3. The number of hydrogen-bond donors (Lipinski definition) is 2. The number of nitrogens with one attached hydrogen (secondary N) is 2. The van der Waals surface area contributed by atoms with Crippen molar-refractivity contribution in [3.05, 3.63) is 28.3 Å². The number of benzene rings is 1. The predicted molar refractivity (Wildman–Crippen MR) is 101 cm³/mol. The summed E-state index contributed by atoms with van der Waals surface area (Å²) in [6.45, 7) is 2.70. The lowest BCUT2D eigenvalue weighted by Gasteiger charge is -2.20. The van der Waals surface area contributed by atoms with Crippen molar-refractivity contribution in [1.29, 1.82) is 5.26 Å². The Morgan fingerprint density at radius 1 is 1.33 bits per heavy atom. The number of hydrogen-bond acceptors (Lipinski definition) is 5. The average molecular weight is 445 g/mol. The number of rotatable bonds is 7. The van der Waals surface area contributed by atoms with Gasteiger partial charge < -0.3 is 10.1 Å². The summed E-state index contributed by atoms with van der Waals surface area (Å²) in [6.07, 6.45) is 3.47.